The molecule has 0 bridgehead atoms. The molecule has 1 aromatic rings. The second kappa shape index (κ2) is 7.62. The van der Waals surface area contributed by atoms with E-state index < -0.39 is 11.8 Å². The van der Waals surface area contributed by atoms with Gasteiger partial charge in [0.2, 0.25) is 0 Å². The fourth-order valence-corrected chi connectivity index (χ4v) is 1.23. The normalized spacial score (nSPS) is 10.3. The van der Waals surface area contributed by atoms with E-state index in [-0.39, 0.29) is 24.5 Å². The minimum atomic E-state index is -0.595. The van der Waals surface area contributed by atoms with Gasteiger partial charge in [0.05, 0.1) is 25.4 Å². The molecule has 0 aliphatic rings. The number of rotatable bonds is 7. The third-order valence-electron chi connectivity index (χ3n) is 2.13. The highest BCUT2D eigenvalue weighted by Gasteiger charge is 2.11. The summed E-state index contributed by atoms with van der Waals surface area (Å²) in [6, 6.07) is 3.52. The van der Waals surface area contributed by atoms with E-state index in [4.69, 9.17) is 19.9 Å². The molecule has 0 aliphatic carbocycles. The number of halogens is 1. The molecule has 0 radical (unpaired) electrons. The molecule has 0 unspecified atom stereocenters. The molecule has 1 aromatic carbocycles. The number of benzene rings is 1. The molecule has 0 fully saturated rings. The zero-order valence-electron chi connectivity index (χ0n) is 10.1. The lowest BCUT2D eigenvalue weighted by atomic mass is 10.2. The van der Waals surface area contributed by atoms with Gasteiger partial charge >= 0.3 is 5.97 Å². The van der Waals surface area contributed by atoms with Crippen LogP contribution in [0, 0.1) is 5.82 Å². The number of hydrogen-bond donors (Lipinski definition) is 1. The molecule has 0 aromatic heterocycles. The Kier molecular flexibility index (Phi) is 6.10. The summed E-state index contributed by atoms with van der Waals surface area (Å²) < 4.78 is 27.6. The first kappa shape index (κ1) is 14.4. The van der Waals surface area contributed by atoms with Crippen molar-refractivity contribution in [3.05, 3.63) is 29.6 Å². The van der Waals surface area contributed by atoms with E-state index in [9.17, 15) is 9.18 Å². The highest BCUT2D eigenvalue weighted by Crippen LogP contribution is 2.14. The minimum absolute atomic E-state index is 0.0558. The number of carbonyl (C=O) groups is 1. The van der Waals surface area contributed by atoms with Gasteiger partial charge in [-0.2, -0.15) is 0 Å². The van der Waals surface area contributed by atoms with Gasteiger partial charge in [-0.25, -0.2) is 9.18 Å². The minimum Gasteiger partial charge on any atom is -0.460 e. The zero-order valence-corrected chi connectivity index (χ0v) is 10.1. The Bertz CT molecular complexity index is 398. The summed E-state index contributed by atoms with van der Waals surface area (Å²) in [6.45, 7) is 1.31. The Morgan fingerprint density at radius 2 is 2.00 bits per heavy atom. The molecular formula is C12H16FNO4. The number of esters is 1. The Balaban J connectivity index is 2.32. The van der Waals surface area contributed by atoms with E-state index >= 15 is 0 Å². The number of ether oxygens (including phenoxy) is 3. The van der Waals surface area contributed by atoms with E-state index in [0.29, 0.717) is 13.2 Å². The van der Waals surface area contributed by atoms with Crippen LogP contribution in [-0.2, 0) is 14.2 Å². The molecule has 6 heteroatoms. The van der Waals surface area contributed by atoms with Crippen molar-refractivity contribution < 1.29 is 23.4 Å². The quantitative estimate of drug-likeness (QED) is 0.452. The average molecular weight is 257 g/mol. The molecule has 1 rings (SSSR count). The molecule has 0 amide bonds. The molecule has 0 aliphatic heterocycles. The number of nitrogen functional groups attached to an aromatic ring is 1. The lowest BCUT2D eigenvalue weighted by Crippen LogP contribution is -2.14. The van der Waals surface area contributed by atoms with Crippen LogP contribution in [-0.4, -0.2) is 39.5 Å². The van der Waals surface area contributed by atoms with Crippen molar-refractivity contribution in [1.82, 2.24) is 0 Å². The van der Waals surface area contributed by atoms with Gasteiger partial charge in [-0.05, 0) is 18.2 Å². The van der Waals surface area contributed by atoms with E-state index in [1.807, 2.05) is 0 Å². The van der Waals surface area contributed by atoms with E-state index in [0.717, 1.165) is 12.1 Å². The number of anilines is 1. The Labute approximate surface area is 105 Å². The lowest BCUT2D eigenvalue weighted by Gasteiger charge is -2.07. The van der Waals surface area contributed by atoms with Crippen LogP contribution in [0.25, 0.3) is 0 Å². The molecule has 18 heavy (non-hydrogen) atoms. The number of nitrogens with two attached hydrogens (primary N) is 1. The highest BCUT2D eigenvalue weighted by molar-refractivity contribution is 5.94. The van der Waals surface area contributed by atoms with Crippen molar-refractivity contribution in [2.45, 2.75) is 0 Å². The maximum absolute atomic E-state index is 12.8. The van der Waals surface area contributed by atoms with Crippen LogP contribution in [0.3, 0.4) is 0 Å². The summed E-state index contributed by atoms with van der Waals surface area (Å²) in [5.41, 5.74) is 5.71. The number of hydrogen-bond acceptors (Lipinski definition) is 5. The van der Waals surface area contributed by atoms with Gasteiger partial charge < -0.3 is 19.9 Å². The largest absolute Gasteiger partial charge is 0.460 e. The van der Waals surface area contributed by atoms with Crippen molar-refractivity contribution in [2.75, 3.05) is 39.3 Å². The molecular weight excluding hydrogens is 241 g/mol. The fourth-order valence-electron chi connectivity index (χ4n) is 1.23. The summed E-state index contributed by atoms with van der Waals surface area (Å²) in [7, 11) is 1.57. The van der Waals surface area contributed by atoms with Crippen LogP contribution >= 0.6 is 0 Å². The molecule has 0 saturated carbocycles. The highest BCUT2D eigenvalue weighted by atomic mass is 19.1. The van der Waals surface area contributed by atoms with E-state index in [1.54, 1.807) is 7.11 Å². The first-order valence-electron chi connectivity index (χ1n) is 5.44. The maximum atomic E-state index is 12.8. The summed E-state index contributed by atoms with van der Waals surface area (Å²) in [5, 5.41) is 0. The van der Waals surface area contributed by atoms with Crippen molar-refractivity contribution in [3.63, 3.8) is 0 Å². The Morgan fingerprint density at radius 1 is 1.28 bits per heavy atom. The summed E-state index contributed by atoms with van der Waals surface area (Å²) in [5.74, 6) is -1.09. The van der Waals surface area contributed by atoms with Crippen molar-refractivity contribution in [1.29, 1.82) is 0 Å². The first-order valence-corrected chi connectivity index (χ1v) is 5.44. The Morgan fingerprint density at radius 3 is 2.67 bits per heavy atom. The zero-order chi connectivity index (χ0) is 13.4. The van der Waals surface area contributed by atoms with Crippen LogP contribution in [0.5, 0.6) is 0 Å². The van der Waals surface area contributed by atoms with Crippen LogP contribution in [0.4, 0.5) is 10.1 Å². The predicted octanol–water partition coefficient (Wildman–Crippen LogP) is 1.23. The molecule has 0 atom stereocenters. The maximum Gasteiger partial charge on any atom is 0.340 e. The number of methoxy groups -OCH3 is 1. The molecule has 0 heterocycles. The number of carbonyl (C=O) groups excluding carboxylic acids is 1. The topological polar surface area (TPSA) is 70.8 Å². The van der Waals surface area contributed by atoms with Gasteiger partial charge in [0.15, 0.2) is 0 Å². The van der Waals surface area contributed by atoms with Gasteiger partial charge in [-0.1, -0.05) is 0 Å². The molecule has 5 nitrogen and oxygen atoms in total. The van der Waals surface area contributed by atoms with Crippen LogP contribution in [0.15, 0.2) is 18.2 Å². The Hall–Kier alpha value is -1.66. The lowest BCUT2D eigenvalue weighted by molar-refractivity contribution is 0.0214. The summed E-state index contributed by atoms with van der Waals surface area (Å²) in [6.07, 6.45) is 0. The molecule has 2 N–H and O–H groups in total. The van der Waals surface area contributed by atoms with Gasteiger partial charge in [-0.15, -0.1) is 0 Å². The molecule has 0 spiro atoms. The van der Waals surface area contributed by atoms with Gasteiger partial charge in [0.1, 0.15) is 12.4 Å². The third kappa shape index (κ3) is 4.68. The van der Waals surface area contributed by atoms with Crippen molar-refractivity contribution in [2.24, 2.45) is 0 Å². The molecule has 100 valence electrons. The monoisotopic (exact) mass is 257 g/mol. The summed E-state index contributed by atoms with van der Waals surface area (Å²) in [4.78, 5) is 11.6. The van der Waals surface area contributed by atoms with Crippen molar-refractivity contribution >= 4 is 11.7 Å². The fraction of sp³-hybridized carbons (Fsp3) is 0.417. The SMILES string of the molecule is COCCOCCOC(=O)c1ccc(F)cc1N. The van der Waals surface area contributed by atoms with Crippen LogP contribution < -0.4 is 5.73 Å². The van der Waals surface area contributed by atoms with E-state index in [2.05, 4.69) is 0 Å². The summed E-state index contributed by atoms with van der Waals surface area (Å²) >= 11 is 0. The average Bonchev–Trinajstić information content (AvgIpc) is 2.33. The second-order valence-corrected chi connectivity index (χ2v) is 3.47. The predicted molar refractivity (Wildman–Crippen MR) is 63.8 cm³/mol. The van der Waals surface area contributed by atoms with Gasteiger partial charge in [-0.3, -0.25) is 0 Å². The van der Waals surface area contributed by atoms with Gasteiger partial charge in [0.25, 0.3) is 0 Å². The van der Waals surface area contributed by atoms with Crippen LogP contribution in [0.1, 0.15) is 10.4 Å². The smallest absolute Gasteiger partial charge is 0.340 e. The van der Waals surface area contributed by atoms with E-state index in [1.165, 1.54) is 6.07 Å². The first-order chi connectivity index (χ1) is 8.65. The molecule has 0 saturated heterocycles. The van der Waals surface area contributed by atoms with Crippen molar-refractivity contribution in [3.8, 4) is 0 Å². The van der Waals surface area contributed by atoms with Gasteiger partial charge in [0, 0.05) is 12.8 Å². The standard InChI is InChI=1S/C12H16FNO4/c1-16-4-5-17-6-7-18-12(15)10-3-2-9(13)8-11(10)14/h2-3,8H,4-7,14H2,1H3. The third-order valence-corrected chi connectivity index (χ3v) is 2.13. The second-order valence-electron chi connectivity index (χ2n) is 3.47. The van der Waals surface area contributed by atoms with Crippen LogP contribution in [0.2, 0.25) is 0 Å².